The zero-order valence-corrected chi connectivity index (χ0v) is 21.7. The van der Waals surface area contributed by atoms with Crippen LogP contribution in [0.5, 0.6) is 0 Å². The second kappa shape index (κ2) is 10.8. The number of amides is 1. The summed E-state index contributed by atoms with van der Waals surface area (Å²) in [5.41, 5.74) is 2.72. The highest BCUT2D eigenvalue weighted by Crippen LogP contribution is 2.31. The van der Waals surface area contributed by atoms with Crippen LogP contribution in [0.3, 0.4) is 0 Å². The lowest BCUT2D eigenvalue weighted by atomic mass is 9.94. The van der Waals surface area contributed by atoms with Crippen LogP contribution in [0.1, 0.15) is 53.6 Å². The Labute approximate surface area is 213 Å². The molecule has 0 radical (unpaired) electrons. The van der Waals surface area contributed by atoms with Crippen molar-refractivity contribution in [2.45, 2.75) is 56.5 Å². The second-order valence-corrected chi connectivity index (χ2v) is 11.5. The molecule has 0 atom stereocenters. The fraction of sp³-hybridized carbons (Fsp3) is 0.321. The van der Waals surface area contributed by atoms with Gasteiger partial charge < -0.3 is 4.90 Å². The normalized spacial score (nSPS) is 14.5. The standard InChI is InChI=1S/C28H31ClN2O3S/c1-21-13-18-24(29)19-27(21)31(35(33,34)26-11-7-4-8-12-26)20-22-14-16-23(17-15-22)28(32)30(2)25-9-5-3-6-10-25/h4,7-8,11-19,25H,3,5-6,9-10,20H2,1-2H3. The maximum Gasteiger partial charge on any atom is 0.264 e. The highest BCUT2D eigenvalue weighted by molar-refractivity contribution is 7.92. The molecule has 1 amide bonds. The Balaban J connectivity index is 1.62. The van der Waals surface area contributed by atoms with Crippen LogP contribution >= 0.6 is 11.6 Å². The molecule has 0 unspecified atom stereocenters. The third-order valence-corrected chi connectivity index (χ3v) is 8.75. The molecule has 184 valence electrons. The van der Waals surface area contributed by atoms with Crippen molar-refractivity contribution in [2.24, 2.45) is 0 Å². The predicted molar refractivity (Wildman–Crippen MR) is 141 cm³/mol. The van der Waals surface area contributed by atoms with E-state index in [1.807, 2.05) is 37.1 Å². The van der Waals surface area contributed by atoms with Gasteiger partial charge in [-0.25, -0.2) is 8.42 Å². The Hall–Kier alpha value is -2.83. The molecule has 3 aromatic rings. The van der Waals surface area contributed by atoms with Crippen LogP contribution in [0.4, 0.5) is 5.69 Å². The summed E-state index contributed by atoms with van der Waals surface area (Å²) in [6.45, 7) is 1.98. The summed E-state index contributed by atoms with van der Waals surface area (Å²) in [5.74, 6) is 0.00268. The number of hydrogen-bond donors (Lipinski definition) is 0. The second-order valence-electron chi connectivity index (χ2n) is 9.16. The van der Waals surface area contributed by atoms with Crippen molar-refractivity contribution >= 4 is 33.2 Å². The topological polar surface area (TPSA) is 57.7 Å². The summed E-state index contributed by atoms with van der Waals surface area (Å²) in [6.07, 6.45) is 5.66. The lowest BCUT2D eigenvalue weighted by Crippen LogP contribution is -2.38. The molecule has 0 saturated heterocycles. The van der Waals surface area contributed by atoms with Crippen LogP contribution in [-0.2, 0) is 16.6 Å². The lowest BCUT2D eigenvalue weighted by molar-refractivity contribution is 0.0696. The van der Waals surface area contributed by atoms with Gasteiger partial charge in [0.15, 0.2) is 0 Å². The summed E-state index contributed by atoms with van der Waals surface area (Å²) in [4.78, 5) is 15.1. The summed E-state index contributed by atoms with van der Waals surface area (Å²) in [6, 6.07) is 21.1. The van der Waals surface area contributed by atoms with E-state index in [-0.39, 0.29) is 23.4 Å². The number of anilines is 1. The number of carbonyl (C=O) groups excluding carboxylic acids is 1. The van der Waals surface area contributed by atoms with E-state index in [1.165, 1.54) is 10.7 Å². The molecule has 4 rings (SSSR count). The number of carbonyl (C=O) groups is 1. The Bertz CT molecular complexity index is 1270. The van der Waals surface area contributed by atoms with Gasteiger partial charge in [-0.1, -0.05) is 67.3 Å². The molecule has 0 spiro atoms. The summed E-state index contributed by atoms with van der Waals surface area (Å²) < 4.78 is 28.7. The minimum Gasteiger partial charge on any atom is -0.339 e. The van der Waals surface area contributed by atoms with Gasteiger partial charge in [-0.3, -0.25) is 9.10 Å². The average molecular weight is 511 g/mol. The maximum absolute atomic E-state index is 13.7. The van der Waals surface area contributed by atoms with E-state index in [1.54, 1.807) is 54.6 Å². The van der Waals surface area contributed by atoms with Crippen molar-refractivity contribution in [3.05, 3.63) is 94.5 Å². The molecule has 3 aromatic carbocycles. The molecule has 0 N–H and O–H groups in total. The molecule has 0 bridgehead atoms. The number of aryl methyl sites for hydroxylation is 1. The highest BCUT2D eigenvalue weighted by atomic mass is 35.5. The third-order valence-electron chi connectivity index (χ3n) is 6.74. The maximum atomic E-state index is 13.7. The Morgan fingerprint density at radius 3 is 2.26 bits per heavy atom. The first-order valence-corrected chi connectivity index (χ1v) is 13.8. The molecule has 0 heterocycles. The van der Waals surface area contributed by atoms with E-state index >= 15 is 0 Å². The van der Waals surface area contributed by atoms with Gasteiger partial charge in [0.1, 0.15) is 0 Å². The Morgan fingerprint density at radius 2 is 1.60 bits per heavy atom. The molecule has 7 heteroatoms. The molecule has 35 heavy (non-hydrogen) atoms. The molecule has 1 fully saturated rings. The van der Waals surface area contributed by atoms with Crippen LogP contribution < -0.4 is 4.31 Å². The van der Waals surface area contributed by atoms with Crippen molar-refractivity contribution in [1.29, 1.82) is 0 Å². The van der Waals surface area contributed by atoms with E-state index in [0.29, 0.717) is 16.3 Å². The smallest absolute Gasteiger partial charge is 0.264 e. The van der Waals surface area contributed by atoms with Gasteiger partial charge in [0.05, 0.1) is 17.1 Å². The van der Waals surface area contributed by atoms with Gasteiger partial charge in [0, 0.05) is 23.7 Å². The van der Waals surface area contributed by atoms with Crippen LogP contribution in [0.2, 0.25) is 5.02 Å². The van der Waals surface area contributed by atoms with Gasteiger partial charge in [0.25, 0.3) is 15.9 Å². The van der Waals surface area contributed by atoms with Crippen LogP contribution in [0.15, 0.2) is 77.7 Å². The first-order chi connectivity index (χ1) is 16.8. The number of sulfonamides is 1. The quantitative estimate of drug-likeness (QED) is 0.367. The van der Waals surface area contributed by atoms with Crippen molar-refractivity contribution < 1.29 is 13.2 Å². The third kappa shape index (κ3) is 5.71. The van der Waals surface area contributed by atoms with Crippen molar-refractivity contribution in [3.8, 4) is 0 Å². The minimum absolute atomic E-state index is 0.00268. The van der Waals surface area contributed by atoms with E-state index < -0.39 is 10.0 Å². The molecule has 5 nitrogen and oxygen atoms in total. The van der Waals surface area contributed by atoms with Gasteiger partial charge in [-0.05, 0) is 67.3 Å². The number of benzene rings is 3. The van der Waals surface area contributed by atoms with Crippen LogP contribution in [0, 0.1) is 6.92 Å². The number of halogens is 1. The first kappa shape index (κ1) is 25.3. The molecule has 1 aliphatic rings. The molecule has 0 aromatic heterocycles. The average Bonchev–Trinajstić information content (AvgIpc) is 2.89. The van der Waals surface area contributed by atoms with Gasteiger partial charge in [-0.2, -0.15) is 0 Å². The number of hydrogen-bond acceptors (Lipinski definition) is 3. The van der Waals surface area contributed by atoms with Crippen LogP contribution in [-0.4, -0.2) is 32.3 Å². The fourth-order valence-corrected chi connectivity index (χ4v) is 6.32. The predicted octanol–water partition coefficient (Wildman–Crippen LogP) is 6.45. The Kier molecular flexibility index (Phi) is 7.82. The van der Waals surface area contributed by atoms with E-state index in [4.69, 9.17) is 11.6 Å². The number of nitrogens with zero attached hydrogens (tertiary/aromatic N) is 2. The van der Waals surface area contributed by atoms with E-state index in [0.717, 1.165) is 36.8 Å². The molecular formula is C28H31ClN2O3S. The highest BCUT2D eigenvalue weighted by Gasteiger charge is 2.27. The summed E-state index contributed by atoms with van der Waals surface area (Å²) in [5, 5.41) is 0.463. The number of rotatable bonds is 7. The van der Waals surface area contributed by atoms with E-state index in [2.05, 4.69) is 0 Å². The zero-order valence-electron chi connectivity index (χ0n) is 20.2. The van der Waals surface area contributed by atoms with Crippen molar-refractivity contribution in [2.75, 3.05) is 11.4 Å². The summed E-state index contributed by atoms with van der Waals surface area (Å²) >= 11 is 6.25. The van der Waals surface area contributed by atoms with Crippen molar-refractivity contribution in [1.82, 2.24) is 4.90 Å². The van der Waals surface area contributed by atoms with Gasteiger partial charge in [0.2, 0.25) is 0 Å². The zero-order chi connectivity index (χ0) is 25.0. The molecule has 0 aliphatic heterocycles. The molecule has 1 aliphatic carbocycles. The molecular weight excluding hydrogens is 480 g/mol. The Morgan fingerprint density at radius 1 is 0.943 bits per heavy atom. The fourth-order valence-electron chi connectivity index (χ4n) is 4.63. The van der Waals surface area contributed by atoms with Crippen LogP contribution in [0.25, 0.3) is 0 Å². The lowest BCUT2D eigenvalue weighted by Gasteiger charge is -2.31. The molecule has 1 saturated carbocycles. The summed E-state index contributed by atoms with van der Waals surface area (Å²) in [7, 11) is -1.97. The monoisotopic (exact) mass is 510 g/mol. The largest absolute Gasteiger partial charge is 0.339 e. The van der Waals surface area contributed by atoms with Gasteiger partial charge >= 0.3 is 0 Å². The first-order valence-electron chi connectivity index (χ1n) is 12.0. The SMILES string of the molecule is Cc1ccc(Cl)cc1N(Cc1ccc(C(=O)N(C)C2CCCCC2)cc1)S(=O)(=O)c1ccccc1. The van der Waals surface area contributed by atoms with Gasteiger partial charge in [-0.15, -0.1) is 0 Å². The van der Waals surface area contributed by atoms with E-state index in [9.17, 15) is 13.2 Å². The van der Waals surface area contributed by atoms with Crippen molar-refractivity contribution in [3.63, 3.8) is 0 Å². The minimum atomic E-state index is -3.85.